The summed E-state index contributed by atoms with van der Waals surface area (Å²) < 4.78 is 4.84. The number of ether oxygens (including phenoxy) is 1. The molecular weight excluding hydrogens is 378 g/mol. The first-order valence-electron chi connectivity index (χ1n) is 8.63. The third kappa shape index (κ3) is 4.00. The zero-order valence-corrected chi connectivity index (χ0v) is 15.9. The highest BCUT2D eigenvalue weighted by Gasteiger charge is 2.22. The number of carbonyl (C=O) groups is 2. The van der Waals surface area contributed by atoms with Crippen LogP contribution in [0.3, 0.4) is 0 Å². The molecule has 0 aliphatic rings. The summed E-state index contributed by atoms with van der Waals surface area (Å²) in [7, 11) is 1.31. The minimum Gasteiger partial charge on any atom is -0.465 e. The van der Waals surface area contributed by atoms with Crippen LogP contribution in [0.4, 0.5) is 0 Å². The lowest BCUT2D eigenvalue weighted by molar-refractivity contribution is -0.123. The molecule has 0 radical (unpaired) electrons. The molecule has 6 nitrogen and oxygen atoms in total. The van der Waals surface area contributed by atoms with Crippen molar-refractivity contribution in [1.82, 2.24) is 10.3 Å². The van der Waals surface area contributed by atoms with Crippen LogP contribution in [0.15, 0.2) is 48.7 Å². The average molecular weight is 396 g/mol. The van der Waals surface area contributed by atoms with Crippen LogP contribution >= 0.6 is 11.6 Å². The smallest absolute Gasteiger partial charge is 0.338 e. The number of carbonyl (C=O) groups excluding carboxylic acids is 2. The standard InChI is InChI=1S/C21H18ClN3O3/c1-28-21(27)16-6-4-8-18-19(16)15(12-24-18)9-14(10-23)20(26)25-11-13-5-2-3-7-17(13)22/h2-8,12,14,24H,9,11H2,1H3,(H,25,26)/t14-/m0/s1. The van der Waals surface area contributed by atoms with E-state index < -0.39 is 17.8 Å². The van der Waals surface area contributed by atoms with Gasteiger partial charge in [-0.15, -0.1) is 0 Å². The van der Waals surface area contributed by atoms with Crippen LogP contribution in [0, 0.1) is 17.2 Å². The van der Waals surface area contributed by atoms with Gasteiger partial charge in [-0.2, -0.15) is 5.26 Å². The van der Waals surface area contributed by atoms with Gasteiger partial charge in [-0.3, -0.25) is 4.79 Å². The summed E-state index contributed by atoms with van der Waals surface area (Å²) in [5.74, 6) is -1.78. The van der Waals surface area contributed by atoms with E-state index in [2.05, 4.69) is 10.3 Å². The number of nitriles is 1. The van der Waals surface area contributed by atoms with Crippen molar-refractivity contribution in [2.24, 2.45) is 5.92 Å². The van der Waals surface area contributed by atoms with Gasteiger partial charge < -0.3 is 15.0 Å². The molecule has 2 N–H and O–H groups in total. The molecule has 0 saturated heterocycles. The van der Waals surface area contributed by atoms with Crippen LogP contribution in [0.1, 0.15) is 21.5 Å². The number of H-pyrrole nitrogens is 1. The molecule has 0 bridgehead atoms. The topological polar surface area (TPSA) is 95.0 Å². The van der Waals surface area contributed by atoms with E-state index in [-0.39, 0.29) is 13.0 Å². The highest BCUT2D eigenvalue weighted by Crippen LogP contribution is 2.25. The lowest BCUT2D eigenvalue weighted by atomic mass is 9.97. The third-order valence-corrected chi connectivity index (χ3v) is 4.87. The lowest BCUT2D eigenvalue weighted by Gasteiger charge is -2.11. The number of amides is 1. The Labute approximate surface area is 167 Å². The first-order chi connectivity index (χ1) is 13.5. The normalized spacial score (nSPS) is 11.6. The second-order valence-corrected chi connectivity index (χ2v) is 6.64. The van der Waals surface area contributed by atoms with Crippen molar-refractivity contribution in [3.8, 4) is 6.07 Å². The molecule has 7 heteroatoms. The Kier molecular flexibility index (Phi) is 5.97. The van der Waals surface area contributed by atoms with Crippen LogP contribution in [0.25, 0.3) is 10.9 Å². The summed E-state index contributed by atoms with van der Waals surface area (Å²) in [5, 5.41) is 13.5. The molecule has 1 heterocycles. The molecule has 0 aliphatic heterocycles. The van der Waals surface area contributed by atoms with E-state index in [1.165, 1.54) is 7.11 Å². The first kappa shape index (κ1) is 19.5. The number of benzene rings is 2. The molecule has 3 aromatic rings. The number of nitrogens with zero attached hydrogens (tertiary/aromatic N) is 1. The van der Waals surface area contributed by atoms with Crippen molar-refractivity contribution in [3.05, 3.63) is 70.4 Å². The number of hydrogen-bond donors (Lipinski definition) is 2. The van der Waals surface area contributed by atoms with Crippen LogP contribution in [-0.4, -0.2) is 24.0 Å². The Morgan fingerprint density at radius 1 is 1.21 bits per heavy atom. The van der Waals surface area contributed by atoms with Crippen LogP contribution in [-0.2, 0) is 22.5 Å². The van der Waals surface area contributed by atoms with E-state index >= 15 is 0 Å². The van der Waals surface area contributed by atoms with Gasteiger partial charge in [-0.25, -0.2) is 4.79 Å². The highest BCUT2D eigenvalue weighted by atomic mass is 35.5. The lowest BCUT2D eigenvalue weighted by Crippen LogP contribution is -2.30. The van der Waals surface area contributed by atoms with E-state index in [1.807, 2.05) is 30.3 Å². The molecule has 0 spiro atoms. The van der Waals surface area contributed by atoms with Gasteiger partial charge in [0, 0.05) is 28.7 Å². The number of rotatable bonds is 6. The third-order valence-electron chi connectivity index (χ3n) is 4.50. The Morgan fingerprint density at radius 2 is 2.00 bits per heavy atom. The van der Waals surface area contributed by atoms with E-state index in [0.29, 0.717) is 21.5 Å². The van der Waals surface area contributed by atoms with Gasteiger partial charge in [0.1, 0.15) is 5.92 Å². The summed E-state index contributed by atoms with van der Waals surface area (Å²) in [6.07, 6.45) is 1.88. The number of aromatic amines is 1. The molecule has 1 amide bonds. The summed E-state index contributed by atoms with van der Waals surface area (Å²) in [5.41, 5.74) is 2.61. The van der Waals surface area contributed by atoms with Gasteiger partial charge in [0.2, 0.25) is 5.91 Å². The van der Waals surface area contributed by atoms with Crippen LogP contribution in [0.2, 0.25) is 5.02 Å². The Balaban J connectivity index is 1.79. The second-order valence-electron chi connectivity index (χ2n) is 6.23. The maximum atomic E-state index is 12.5. The second kappa shape index (κ2) is 8.59. The number of halogens is 1. The molecule has 1 atom stereocenters. The quantitative estimate of drug-likeness (QED) is 0.623. The van der Waals surface area contributed by atoms with E-state index in [4.69, 9.17) is 16.3 Å². The molecule has 3 rings (SSSR count). The van der Waals surface area contributed by atoms with E-state index in [0.717, 1.165) is 11.1 Å². The van der Waals surface area contributed by atoms with E-state index in [9.17, 15) is 14.9 Å². The van der Waals surface area contributed by atoms with Gasteiger partial charge >= 0.3 is 5.97 Å². The number of nitrogens with one attached hydrogen (secondary N) is 2. The first-order valence-corrected chi connectivity index (χ1v) is 9.01. The van der Waals surface area contributed by atoms with Gasteiger partial charge in [-0.05, 0) is 35.7 Å². The van der Waals surface area contributed by atoms with Crippen molar-refractivity contribution in [3.63, 3.8) is 0 Å². The Morgan fingerprint density at radius 3 is 2.71 bits per heavy atom. The average Bonchev–Trinajstić information content (AvgIpc) is 3.13. The number of aromatic nitrogens is 1. The van der Waals surface area contributed by atoms with Crippen molar-refractivity contribution in [1.29, 1.82) is 5.26 Å². The van der Waals surface area contributed by atoms with Gasteiger partial charge in [0.15, 0.2) is 0 Å². The number of methoxy groups -OCH3 is 1. The monoisotopic (exact) mass is 395 g/mol. The van der Waals surface area contributed by atoms with Gasteiger partial charge in [0.25, 0.3) is 0 Å². The fraction of sp³-hybridized carbons (Fsp3) is 0.190. The zero-order valence-electron chi connectivity index (χ0n) is 15.2. The zero-order chi connectivity index (χ0) is 20.1. The molecule has 28 heavy (non-hydrogen) atoms. The molecule has 0 unspecified atom stereocenters. The molecule has 0 aliphatic carbocycles. The van der Waals surface area contributed by atoms with Crippen molar-refractivity contribution in [2.75, 3.05) is 7.11 Å². The molecular formula is C21H18ClN3O3. The molecule has 142 valence electrons. The van der Waals surface area contributed by atoms with Crippen molar-refractivity contribution >= 4 is 34.4 Å². The minimum absolute atomic E-state index is 0.166. The van der Waals surface area contributed by atoms with Gasteiger partial charge in [-0.1, -0.05) is 35.9 Å². The fourth-order valence-corrected chi connectivity index (χ4v) is 3.26. The Hall–Kier alpha value is -3.30. The number of fused-ring (bicyclic) bond motifs is 1. The molecule has 0 saturated carbocycles. The summed E-state index contributed by atoms with van der Waals surface area (Å²) >= 11 is 6.10. The van der Waals surface area contributed by atoms with Crippen molar-refractivity contribution < 1.29 is 14.3 Å². The largest absolute Gasteiger partial charge is 0.465 e. The van der Waals surface area contributed by atoms with Gasteiger partial charge in [0.05, 0.1) is 18.7 Å². The molecule has 2 aromatic carbocycles. The van der Waals surface area contributed by atoms with Crippen LogP contribution < -0.4 is 5.32 Å². The maximum Gasteiger partial charge on any atom is 0.338 e. The molecule has 1 aromatic heterocycles. The van der Waals surface area contributed by atoms with Crippen molar-refractivity contribution in [2.45, 2.75) is 13.0 Å². The predicted octanol–water partition coefficient (Wildman–Crippen LogP) is 3.61. The van der Waals surface area contributed by atoms with Crippen LogP contribution in [0.5, 0.6) is 0 Å². The SMILES string of the molecule is COC(=O)c1cccc2[nH]cc(C[C@@H](C#N)C(=O)NCc3ccccc3Cl)c12. The molecule has 0 fully saturated rings. The summed E-state index contributed by atoms with van der Waals surface area (Å²) in [4.78, 5) is 27.7. The number of esters is 1. The van der Waals surface area contributed by atoms with E-state index in [1.54, 1.807) is 24.4 Å². The Bertz CT molecular complexity index is 1070. The maximum absolute atomic E-state index is 12.5. The number of hydrogen-bond acceptors (Lipinski definition) is 4. The summed E-state index contributed by atoms with van der Waals surface area (Å²) in [6, 6.07) is 14.5. The summed E-state index contributed by atoms with van der Waals surface area (Å²) in [6.45, 7) is 0.234. The fourth-order valence-electron chi connectivity index (χ4n) is 3.06. The minimum atomic E-state index is -0.910. The predicted molar refractivity (Wildman–Crippen MR) is 106 cm³/mol. The highest BCUT2D eigenvalue weighted by molar-refractivity contribution is 6.31.